The smallest absolute Gasteiger partial charge is 0.407 e. The van der Waals surface area contributed by atoms with Gasteiger partial charge in [-0.15, -0.1) is 0 Å². The van der Waals surface area contributed by atoms with Crippen molar-refractivity contribution in [1.82, 2.24) is 24.5 Å². The molecule has 0 spiro atoms. The van der Waals surface area contributed by atoms with Gasteiger partial charge in [0.2, 0.25) is 5.82 Å². The van der Waals surface area contributed by atoms with Crippen molar-refractivity contribution in [3.63, 3.8) is 0 Å². The van der Waals surface area contributed by atoms with E-state index in [0.717, 1.165) is 0 Å². The zero-order valence-corrected chi connectivity index (χ0v) is 16.8. The Morgan fingerprint density at radius 1 is 1.35 bits per heavy atom. The zero-order valence-electron chi connectivity index (χ0n) is 16.8. The van der Waals surface area contributed by atoms with Gasteiger partial charge in [-0.25, -0.2) is 9.31 Å². The molecule has 0 aliphatic carbocycles. The Labute approximate surface area is 176 Å². The second-order valence-corrected chi connectivity index (χ2v) is 7.33. The van der Waals surface area contributed by atoms with Crippen LogP contribution in [0.25, 0.3) is 16.9 Å². The van der Waals surface area contributed by atoms with E-state index in [1.54, 1.807) is 16.9 Å². The summed E-state index contributed by atoms with van der Waals surface area (Å²) in [5.74, 6) is -1.46. The average Bonchev–Trinajstić information content (AvgIpc) is 3.18. The van der Waals surface area contributed by atoms with Crippen molar-refractivity contribution in [3.8, 4) is 23.1 Å². The number of hydrogen-bond acceptors (Lipinski definition) is 7. The lowest BCUT2D eigenvalue weighted by molar-refractivity contribution is 0.0728. The third kappa shape index (κ3) is 4.50. The molecule has 164 valence electrons. The first-order chi connectivity index (χ1) is 14.9. The number of aliphatic hydroxyl groups is 1. The van der Waals surface area contributed by atoms with E-state index in [1.807, 2.05) is 18.2 Å². The highest BCUT2D eigenvalue weighted by atomic mass is 19.1. The van der Waals surface area contributed by atoms with Gasteiger partial charge in [-0.05, 0) is 31.9 Å². The maximum absolute atomic E-state index is 15.1. The number of pyridine rings is 1. The summed E-state index contributed by atoms with van der Waals surface area (Å²) in [5.41, 5.74) is 1.25. The molecule has 1 saturated heterocycles. The van der Waals surface area contributed by atoms with Gasteiger partial charge in [-0.1, -0.05) is 6.07 Å². The molecular weight excluding hydrogens is 409 g/mol. The average molecular weight is 431 g/mol. The first kappa shape index (κ1) is 20.8. The summed E-state index contributed by atoms with van der Waals surface area (Å²) in [6.45, 7) is 1.84. The summed E-state index contributed by atoms with van der Waals surface area (Å²) in [7, 11) is 0. The van der Waals surface area contributed by atoms with E-state index in [2.05, 4.69) is 15.1 Å². The fourth-order valence-corrected chi connectivity index (χ4v) is 3.37. The number of aliphatic hydroxyl groups excluding tert-OH is 1. The number of ether oxygens (including phenoxy) is 2. The summed E-state index contributed by atoms with van der Waals surface area (Å²) >= 11 is 0. The quantitative estimate of drug-likeness (QED) is 0.609. The molecule has 4 rings (SSSR count). The van der Waals surface area contributed by atoms with Crippen molar-refractivity contribution in [2.24, 2.45) is 0 Å². The van der Waals surface area contributed by atoms with E-state index < -0.39 is 24.1 Å². The standard InChI is InChI=1S/C20H22FN5O5/c1-12(27)11-30-18-16(21)19(31-13-5-4-7-25(10-13)20(28)29)24-17(23-18)14-9-22-26-8-3-2-6-15(14)26/h2-3,6,8-9,12-13,27H,4-5,7,10-11H2,1H3,(H,28,29)/t12-,13+/m0/s1. The predicted octanol–water partition coefficient (Wildman–Crippen LogP) is 2.21. The molecule has 4 heterocycles. The molecule has 1 amide bonds. The molecule has 0 saturated carbocycles. The molecule has 0 aromatic carbocycles. The lowest BCUT2D eigenvalue weighted by Gasteiger charge is -2.30. The van der Waals surface area contributed by atoms with Gasteiger partial charge in [0, 0.05) is 12.7 Å². The minimum Gasteiger partial charge on any atom is -0.473 e. The number of amides is 1. The van der Waals surface area contributed by atoms with Crippen LogP contribution in [-0.2, 0) is 0 Å². The topological polar surface area (TPSA) is 122 Å². The lowest BCUT2D eigenvalue weighted by atomic mass is 10.1. The number of aromatic nitrogens is 4. The van der Waals surface area contributed by atoms with E-state index in [1.165, 1.54) is 11.8 Å². The molecule has 1 fully saturated rings. The summed E-state index contributed by atoms with van der Waals surface area (Å²) in [6, 6.07) is 5.46. The van der Waals surface area contributed by atoms with Crippen LogP contribution >= 0.6 is 0 Å². The number of halogens is 1. The van der Waals surface area contributed by atoms with Crippen LogP contribution in [0.1, 0.15) is 19.8 Å². The fourth-order valence-electron chi connectivity index (χ4n) is 3.37. The second kappa shape index (κ2) is 8.72. The van der Waals surface area contributed by atoms with Gasteiger partial charge < -0.3 is 24.6 Å². The molecule has 1 aliphatic rings. The number of hydrogen-bond donors (Lipinski definition) is 2. The van der Waals surface area contributed by atoms with Crippen molar-refractivity contribution >= 4 is 11.6 Å². The van der Waals surface area contributed by atoms with E-state index in [9.17, 15) is 15.0 Å². The second-order valence-electron chi connectivity index (χ2n) is 7.33. The summed E-state index contributed by atoms with van der Waals surface area (Å²) in [6.07, 6.45) is 2.02. The Morgan fingerprint density at radius 2 is 2.16 bits per heavy atom. The minimum atomic E-state index is -1.05. The van der Waals surface area contributed by atoms with Gasteiger partial charge in [0.1, 0.15) is 12.7 Å². The van der Waals surface area contributed by atoms with Gasteiger partial charge in [0.05, 0.1) is 29.9 Å². The Hall–Kier alpha value is -3.47. The van der Waals surface area contributed by atoms with Gasteiger partial charge in [-0.2, -0.15) is 19.5 Å². The molecule has 0 unspecified atom stereocenters. The highest BCUT2D eigenvalue weighted by molar-refractivity contribution is 5.75. The van der Waals surface area contributed by atoms with Crippen LogP contribution in [0, 0.1) is 5.82 Å². The van der Waals surface area contributed by atoms with Gasteiger partial charge >= 0.3 is 6.09 Å². The Balaban J connectivity index is 1.70. The molecule has 2 atom stereocenters. The predicted molar refractivity (Wildman–Crippen MR) is 107 cm³/mol. The monoisotopic (exact) mass is 431 g/mol. The summed E-state index contributed by atoms with van der Waals surface area (Å²) < 4.78 is 27.8. The third-order valence-electron chi connectivity index (χ3n) is 4.85. The maximum Gasteiger partial charge on any atom is 0.407 e. The first-order valence-electron chi connectivity index (χ1n) is 9.88. The molecule has 2 N–H and O–H groups in total. The van der Waals surface area contributed by atoms with Crippen LogP contribution in [0.3, 0.4) is 0 Å². The fraction of sp³-hybridized carbons (Fsp3) is 0.400. The van der Waals surface area contributed by atoms with E-state index in [-0.39, 0.29) is 30.7 Å². The number of nitrogens with zero attached hydrogens (tertiary/aromatic N) is 5. The van der Waals surface area contributed by atoms with Crippen LogP contribution < -0.4 is 9.47 Å². The van der Waals surface area contributed by atoms with Crippen molar-refractivity contribution in [1.29, 1.82) is 0 Å². The van der Waals surface area contributed by atoms with E-state index in [4.69, 9.17) is 9.47 Å². The van der Waals surface area contributed by atoms with Crippen molar-refractivity contribution in [3.05, 3.63) is 36.4 Å². The SMILES string of the molecule is C[C@H](O)COc1nc(-c2cnn3ccccc23)nc(O[C@@H]2CCCN(C(=O)O)C2)c1F. The Morgan fingerprint density at radius 3 is 2.94 bits per heavy atom. The normalized spacial score (nSPS) is 17.5. The van der Waals surface area contributed by atoms with Gasteiger partial charge in [-0.3, -0.25) is 0 Å². The highest BCUT2D eigenvalue weighted by Crippen LogP contribution is 2.31. The molecule has 11 heteroatoms. The maximum atomic E-state index is 15.1. The molecule has 3 aromatic heterocycles. The van der Waals surface area contributed by atoms with Crippen LogP contribution in [0.15, 0.2) is 30.6 Å². The largest absolute Gasteiger partial charge is 0.473 e. The molecule has 10 nitrogen and oxygen atoms in total. The van der Waals surface area contributed by atoms with Crippen molar-refractivity contribution in [2.75, 3.05) is 19.7 Å². The molecular formula is C20H22FN5O5. The third-order valence-corrected chi connectivity index (χ3v) is 4.85. The minimum absolute atomic E-state index is 0.106. The Kier molecular flexibility index (Phi) is 5.85. The Bertz CT molecular complexity index is 1090. The number of piperidine rings is 1. The number of fused-ring (bicyclic) bond motifs is 1. The summed E-state index contributed by atoms with van der Waals surface area (Å²) in [4.78, 5) is 20.9. The highest BCUT2D eigenvalue weighted by Gasteiger charge is 2.28. The van der Waals surface area contributed by atoms with E-state index in [0.29, 0.717) is 30.5 Å². The van der Waals surface area contributed by atoms with Crippen molar-refractivity contribution in [2.45, 2.75) is 32.0 Å². The number of rotatable bonds is 6. The number of likely N-dealkylation sites (tertiary alicyclic amines) is 1. The molecule has 0 radical (unpaired) electrons. The zero-order chi connectivity index (χ0) is 22.0. The molecule has 3 aromatic rings. The van der Waals surface area contributed by atoms with E-state index >= 15 is 4.39 Å². The molecule has 1 aliphatic heterocycles. The number of carboxylic acid groups (broad SMARTS) is 1. The van der Waals surface area contributed by atoms with Gasteiger partial charge in [0.15, 0.2) is 5.82 Å². The lowest BCUT2D eigenvalue weighted by Crippen LogP contribution is -2.43. The van der Waals surface area contributed by atoms with Crippen LogP contribution in [0.5, 0.6) is 11.8 Å². The van der Waals surface area contributed by atoms with Crippen LogP contribution in [0.4, 0.5) is 9.18 Å². The van der Waals surface area contributed by atoms with Crippen LogP contribution in [-0.4, -0.2) is 72.7 Å². The molecule has 0 bridgehead atoms. The number of carbonyl (C=O) groups is 1. The molecule has 31 heavy (non-hydrogen) atoms. The van der Waals surface area contributed by atoms with Crippen molar-refractivity contribution < 1.29 is 28.9 Å². The first-order valence-corrected chi connectivity index (χ1v) is 9.88. The summed E-state index contributed by atoms with van der Waals surface area (Å²) in [5, 5.41) is 23.0. The van der Waals surface area contributed by atoms with Gasteiger partial charge in [0.25, 0.3) is 11.8 Å². The van der Waals surface area contributed by atoms with Crippen LogP contribution in [0.2, 0.25) is 0 Å².